The fourth-order valence-electron chi connectivity index (χ4n) is 3.35. The molecule has 2 saturated heterocycles. The number of carbonyl (C=O) groups is 2. The lowest BCUT2D eigenvalue weighted by Crippen LogP contribution is -2.48. The van der Waals surface area contributed by atoms with E-state index in [0.717, 1.165) is 56.3 Å². The summed E-state index contributed by atoms with van der Waals surface area (Å²) >= 11 is 0. The van der Waals surface area contributed by atoms with Gasteiger partial charge in [-0.3, -0.25) is 9.59 Å². The molecule has 2 aliphatic rings. The van der Waals surface area contributed by atoms with E-state index in [1.54, 1.807) is 0 Å². The van der Waals surface area contributed by atoms with Crippen LogP contribution in [0, 0.1) is 0 Å². The Morgan fingerprint density at radius 2 is 1.83 bits per heavy atom. The summed E-state index contributed by atoms with van der Waals surface area (Å²) in [6, 6.07) is 7.52. The number of likely N-dealkylation sites (tertiary alicyclic amines) is 1. The van der Waals surface area contributed by atoms with Gasteiger partial charge in [-0.25, -0.2) is 0 Å². The molecule has 5 nitrogen and oxygen atoms in total. The van der Waals surface area contributed by atoms with Crippen LogP contribution in [0.2, 0.25) is 0 Å². The highest BCUT2D eigenvalue weighted by Crippen LogP contribution is 2.24. The summed E-state index contributed by atoms with van der Waals surface area (Å²) in [5.74, 6) is 0.0469. The molecule has 2 heterocycles. The molecule has 24 heavy (non-hydrogen) atoms. The Kier molecular flexibility index (Phi) is 5.19. The molecule has 0 saturated carbocycles. The second kappa shape index (κ2) is 7.34. The van der Waals surface area contributed by atoms with E-state index in [0.29, 0.717) is 13.2 Å². The summed E-state index contributed by atoms with van der Waals surface area (Å²) in [5.41, 5.74) is 1.000. The third kappa shape index (κ3) is 3.78. The molecule has 2 aliphatic heterocycles. The summed E-state index contributed by atoms with van der Waals surface area (Å²) in [6.07, 6.45) is 5.00. The average Bonchev–Trinajstić information content (AvgIpc) is 3.15. The molecule has 1 atom stereocenters. The second-order valence-corrected chi connectivity index (χ2v) is 6.92. The first kappa shape index (κ1) is 17.0. The maximum Gasteiger partial charge on any atom is 0.253 e. The van der Waals surface area contributed by atoms with Gasteiger partial charge in [0.15, 0.2) is 0 Å². The van der Waals surface area contributed by atoms with Gasteiger partial charge in [0.25, 0.3) is 11.8 Å². The van der Waals surface area contributed by atoms with Crippen molar-refractivity contribution in [3.8, 4) is 0 Å². The van der Waals surface area contributed by atoms with Crippen LogP contribution in [-0.4, -0.2) is 42.0 Å². The number of hydrogen-bond donors (Lipinski definition) is 1. The van der Waals surface area contributed by atoms with Gasteiger partial charge in [-0.15, -0.1) is 0 Å². The van der Waals surface area contributed by atoms with E-state index in [-0.39, 0.29) is 11.8 Å². The smallest absolute Gasteiger partial charge is 0.253 e. The largest absolute Gasteiger partial charge is 0.365 e. The summed E-state index contributed by atoms with van der Waals surface area (Å²) in [4.78, 5) is 26.6. The minimum atomic E-state index is -0.704. The quantitative estimate of drug-likeness (QED) is 0.923. The minimum absolute atomic E-state index is 0.0561. The molecule has 0 aliphatic carbocycles. The minimum Gasteiger partial charge on any atom is -0.365 e. The number of amides is 2. The zero-order valence-corrected chi connectivity index (χ0v) is 14.3. The van der Waals surface area contributed by atoms with Gasteiger partial charge in [0, 0.05) is 31.8 Å². The van der Waals surface area contributed by atoms with Crippen molar-refractivity contribution in [2.75, 3.05) is 19.7 Å². The van der Waals surface area contributed by atoms with Gasteiger partial charge in [0.2, 0.25) is 0 Å². The van der Waals surface area contributed by atoms with Crippen LogP contribution in [0.1, 0.15) is 54.9 Å². The summed E-state index contributed by atoms with van der Waals surface area (Å²) in [7, 11) is 0. The fraction of sp³-hybridized carbons (Fsp3) is 0.579. The van der Waals surface area contributed by atoms with E-state index in [1.165, 1.54) is 0 Å². The first-order valence-corrected chi connectivity index (χ1v) is 8.89. The van der Waals surface area contributed by atoms with Crippen molar-refractivity contribution in [2.24, 2.45) is 0 Å². The number of ether oxygens (including phenoxy) is 1. The Hall–Kier alpha value is -1.88. The molecule has 0 radical (unpaired) electrons. The SMILES string of the molecule is C[C@]1(C(=O)NCc2ccc(C(=O)N3CCCC3)cc2)CCCCO1. The molecule has 1 aromatic rings. The zero-order chi connectivity index (χ0) is 17.0. The van der Waals surface area contributed by atoms with Crippen LogP contribution in [0.3, 0.4) is 0 Å². The predicted molar refractivity (Wildman–Crippen MR) is 91.6 cm³/mol. The molecule has 5 heteroatoms. The highest BCUT2D eigenvalue weighted by atomic mass is 16.5. The monoisotopic (exact) mass is 330 g/mol. The Balaban J connectivity index is 1.54. The highest BCUT2D eigenvalue weighted by Gasteiger charge is 2.35. The topological polar surface area (TPSA) is 58.6 Å². The van der Waals surface area contributed by atoms with Gasteiger partial charge < -0.3 is 15.0 Å². The van der Waals surface area contributed by atoms with Crippen LogP contribution in [-0.2, 0) is 16.1 Å². The number of hydrogen-bond acceptors (Lipinski definition) is 3. The summed E-state index contributed by atoms with van der Waals surface area (Å²) < 4.78 is 5.66. The molecular weight excluding hydrogens is 304 g/mol. The molecular formula is C19H26N2O3. The third-order valence-electron chi connectivity index (χ3n) is 5.00. The Bertz CT molecular complexity index is 585. The van der Waals surface area contributed by atoms with Gasteiger partial charge in [-0.1, -0.05) is 12.1 Å². The van der Waals surface area contributed by atoms with Crippen LogP contribution in [0.5, 0.6) is 0 Å². The lowest BCUT2D eigenvalue weighted by Gasteiger charge is -2.32. The van der Waals surface area contributed by atoms with Crippen molar-refractivity contribution in [3.63, 3.8) is 0 Å². The van der Waals surface area contributed by atoms with Crippen LogP contribution in [0.15, 0.2) is 24.3 Å². The van der Waals surface area contributed by atoms with Crippen LogP contribution in [0.4, 0.5) is 0 Å². The normalized spacial score (nSPS) is 24.0. The van der Waals surface area contributed by atoms with E-state index < -0.39 is 5.60 Å². The fourth-order valence-corrected chi connectivity index (χ4v) is 3.35. The lowest BCUT2D eigenvalue weighted by atomic mass is 9.95. The molecule has 2 amide bonds. The number of carbonyl (C=O) groups excluding carboxylic acids is 2. The van der Waals surface area contributed by atoms with Gasteiger partial charge in [-0.05, 0) is 56.7 Å². The zero-order valence-electron chi connectivity index (χ0n) is 14.3. The molecule has 0 unspecified atom stereocenters. The van der Waals surface area contributed by atoms with E-state index in [9.17, 15) is 9.59 Å². The molecule has 3 rings (SSSR count). The Morgan fingerprint density at radius 1 is 1.12 bits per heavy atom. The number of benzene rings is 1. The van der Waals surface area contributed by atoms with E-state index in [2.05, 4.69) is 5.32 Å². The van der Waals surface area contributed by atoms with Gasteiger partial charge in [0.05, 0.1) is 0 Å². The van der Waals surface area contributed by atoms with Crippen molar-refractivity contribution in [1.29, 1.82) is 0 Å². The van der Waals surface area contributed by atoms with Gasteiger partial charge in [0.1, 0.15) is 5.60 Å². The molecule has 130 valence electrons. The first-order chi connectivity index (χ1) is 11.6. The predicted octanol–water partition coefficient (Wildman–Crippen LogP) is 2.50. The number of nitrogens with one attached hydrogen (secondary N) is 1. The van der Waals surface area contributed by atoms with Crippen LogP contribution in [0.25, 0.3) is 0 Å². The third-order valence-corrected chi connectivity index (χ3v) is 5.00. The van der Waals surface area contributed by atoms with E-state index >= 15 is 0 Å². The van der Waals surface area contributed by atoms with Crippen molar-refractivity contribution in [2.45, 2.75) is 51.2 Å². The van der Waals surface area contributed by atoms with E-state index in [4.69, 9.17) is 4.74 Å². The van der Waals surface area contributed by atoms with E-state index in [1.807, 2.05) is 36.1 Å². The number of rotatable bonds is 4. The number of nitrogens with zero attached hydrogens (tertiary/aromatic N) is 1. The van der Waals surface area contributed by atoms with Crippen molar-refractivity contribution in [1.82, 2.24) is 10.2 Å². The lowest BCUT2D eigenvalue weighted by molar-refractivity contribution is -0.150. The molecule has 1 N–H and O–H groups in total. The average molecular weight is 330 g/mol. The van der Waals surface area contributed by atoms with Crippen molar-refractivity contribution >= 4 is 11.8 Å². The molecule has 0 bridgehead atoms. The Labute approximate surface area is 143 Å². The van der Waals surface area contributed by atoms with Gasteiger partial charge in [-0.2, -0.15) is 0 Å². The van der Waals surface area contributed by atoms with Crippen LogP contribution < -0.4 is 5.32 Å². The maximum atomic E-state index is 12.3. The first-order valence-electron chi connectivity index (χ1n) is 8.89. The van der Waals surface area contributed by atoms with Crippen molar-refractivity contribution in [3.05, 3.63) is 35.4 Å². The highest BCUT2D eigenvalue weighted by molar-refractivity contribution is 5.94. The molecule has 1 aromatic carbocycles. The summed E-state index contributed by atoms with van der Waals surface area (Å²) in [5, 5.41) is 2.95. The van der Waals surface area contributed by atoms with Crippen molar-refractivity contribution < 1.29 is 14.3 Å². The molecule has 0 spiro atoms. The van der Waals surface area contributed by atoms with Gasteiger partial charge >= 0.3 is 0 Å². The summed E-state index contributed by atoms with van der Waals surface area (Å²) in [6.45, 7) is 4.68. The van der Waals surface area contributed by atoms with Crippen LogP contribution >= 0.6 is 0 Å². The second-order valence-electron chi connectivity index (χ2n) is 6.92. The standard InChI is InChI=1S/C19H26N2O3/c1-19(10-2-5-13-24-19)18(23)20-14-15-6-8-16(9-7-15)17(22)21-11-3-4-12-21/h6-9H,2-5,10-14H2,1H3,(H,20,23)/t19-/m1/s1. The molecule has 0 aromatic heterocycles. The molecule has 2 fully saturated rings. The Morgan fingerprint density at radius 3 is 2.46 bits per heavy atom. The maximum absolute atomic E-state index is 12.3.